The van der Waals surface area contributed by atoms with Crippen LogP contribution in [0.5, 0.6) is 5.88 Å². The van der Waals surface area contributed by atoms with E-state index in [4.69, 9.17) is 16.3 Å². The first-order valence-electron chi connectivity index (χ1n) is 7.36. The number of ether oxygens (including phenoxy) is 1. The molecule has 4 heteroatoms. The summed E-state index contributed by atoms with van der Waals surface area (Å²) in [5.41, 5.74) is 0. The predicted molar refractivity (Wildman–Crippen MR) is 83.4 cm³/mol. The Morgan fingerprint density at radius 1 is 0.950 bits per heavy atom. The lowest BCUT2D eigenvalue weighted by molar-refractivity contribution is 0.294. The molecule has 0 unspecified atom stereocenters. The number of rotatable bonds is 8. The van der Waals surface area contributed by atoms with E-state index >= 15 is 0 Å². The van der Waals surface area contributed by atoms with E-state index in [2.05, 4.69) is 17.1 Å². The van der Waals surface area contributed by atoms with Crippen molar-refractivity contribution in [2.45, 2.75) is 45.4 Å². The van der Waals surface area contributed by atoms with Crippen LogP contribution in [0.4, 0.5) is 0 Å². The van der Waals surface area contributed by atoms with Crippen LogP contribution in [-0.4, -0.2) is 16.8 Å². The summed E-state index contributed by atoms with van der Waals surface area (Å²) in [4.78, 5) is 0. The van der Waals surface area contributed by atoms with E-state index in [0.717, 1.165) is 17.2 Å². The Hall–Kier alpha value is -1.35. The van der Waals surface area contributed by atoms with Gasteiger partial charge in [-0.05, 0) is 12.5 Å². The van der Waals surface area contributed by atoms with Gasteiger partial charge in [-0.15, -0.1) is 10.2 Å². The second kappa shape index (κ2) is 8.05. The standard InChI is InChI=1S/C16H21ClN2O/c1-2-3-4-5-6-9-12-20-16-14-11-8-7-10-13(14)15(17)18-19-16/h7-8,10-11H,2-6,9,12H2,1H3. The average Bonchev–Trinajstić information content (AvgIpc) is 2.49. The van der Waals surface area contributed by atoms with Gasteiger partial charge >= 0.3 is 0 Å². The van der Waals surface area contributed by atoms with E-state index in [9.17, 15) is 0 Å². The molecule has 0 saturated heterocycles. The maximum atomic E-state index is 6.03. The summed E-state index contributed by atoms with van der Waals surface area (Å²) in [5.74, 6) is 0.582. The molecule has 2 aromatic rings. The molecule has 0 N–H and O–H groups in total. The number of nitrogens with zero attached hydrogens (tertiary/aromatic N) is 2. The lowest BCUT2D eigenvalue weighted by Crippen LogP contribution is -2.01. The van der Waals surface area contributed by atoms with Crippen molar-refractivity contribution in [2.75, 3.05) is 6.61 Å². The number of hydrogen-bond donors (Lipinski definition) is 0. The van der Waals surface area contributed by atoms with Crippen molar-refractivity contribution in [1.29, 1.82) is 0 Å². The smallest absolute Gasteiger partial charge is 0.241 e. The number of halogens is 1. The number of fused-ring (bicyclic) bond motifs is 1. The topological polar surface area (TPSA) is 35.0 Å². The fraction of sp³-hybridized carbons (Fsp3) is 0.500. The normalized spacial score (nSPS) is 10.9. The molecule has 0 aliphatic rings. The molecule has 1 heterocycles. The minimum atomic E-state index is 0.424. The highest BCUT2D eigenvalue weighted by Gasteiger charge is 2.07. The summed E-state index contributed by atoms with van der Waals surface area (Å²) in [7, 11) is 0. The van der Waals surface area contributed by atoms with Crippen LogP contribution in [0.2, 0.25) is 5.15 Å². The van der Waals surface area contributed by atoms with Crippen LogP contribution < -0.4 is 4.74 Å². The van der Waals surface area contributed by atoms with Gasteiger partial charge in [0.1, 0.15) is 0 Å². The second-order valence-corrected chi connectivity index (χ2v) is 5.32. The minimum absolute atomic E-state index is 0.424. The van der Waals surface area contributed by atoms with E-state index in [1.54, 1.807) is 0 Å². The van der Waals surface area contributed by atoms with Crippen LogP contribution in [0, 0.1) is 0 Å². The molecule has 1 aromatic carbocycles. The molecule has 0 amide bonds. The molecule has 0 aliphatic carbocycles. The molecule has 0 radical (unpaired) electrons. The third kappa shape index (κ3) is 4.07. The summed E-state index contributed by atoms with van der Waals surface area (Å²) < 4.78 is 5.75. The zero-order chi connectivity index (χ0) is 14.2. The van der Waals surface area contributed by atoms with Gasteiger partial charge in [0.25, 0.3) is 0 Å². The Bertz CT molecular complexity index is 545. The molecule has 1 aromatic heterocycles. The number of benzene rings is 1. The number of hydrogen-bond acceptors (Lipinski definition) is 3. The molecular weight excluding hydrogens is 272 g/mol. The molecule has 0 spiro atoms. The predicted octanol–water partition coefficient (Wildman–Crippen LogP) is 5.02. The average molecular weight is 293 g/mol. The summed E-state index contributed by atoms with van der Waals surface area (Å²) in [6, 6.07) is 7.79. The quantitative estimate of drug-likeness (QED) is 0.641. The van der Waals surface area contributed by atoms with Gasteiger partial charge in [0, 0.05) is 10.8 Å². The van der Waals surface area contributed by atoms with Crippen LogP contribution in [0.3, 0.4) is 0 Å². The number of unbranched alkanes of at least 4 members (excludes halogenated alkanes) is 5. The first-order valence-corrected chi connectivity index (χ1v) is 7.74. The fourth-order valence-corrected chi connectivity index (χ4v) is 2.41. The zero-order valence-electron chi connectivity index (χ0n) is 11.9. The van der Waals surface area contributed by atoms with Crippen molar-refractivity contribution in [2.24, 2.45) is 0 Å². The third-order valence-corrected chi connectivity index (χ3v) is 3.62. The van der Waals surface area contributed by atoms with E-state index in [1.165, 1.54) is 32.1 Å². The number of aromatic nitrogens is 2. The Morgan fingerprint density at radius 3 is 2.45 bits per heavy atom. The molecule has 0 bridgehead atoms. The van der Waals surface area contributed by atoms with Gasteiger partial charge in [-0.25, -0.2) is 0 Å². The van der Waals surface area contributed by atoms with E-state index in [1.807, 2.05) is 24.3 Å². The van der Waals surface area contributed by atoms with Crippen molar-refractivity contribution in [1.82, 2.24) is 10.2 Å². The molecule has 2 rings (SSSR count). The van der Waals surface area contributed by atoms with Crippen molar-refractivity contribution in [3.8, 4) is 5.88 Å². The molecule has 0 saturated carbocycles. The van der Waals surface area contributed by atoms with Crippen LogP contribution in [0.25, 0.3) is 10.8 Å². The van der Waals surface area contributed by atoms with Crippen molar-refractivity contribution in [3.05, 3.63) is 29.4 Å². The fourth-order valence-electron chi connectivity index (χ4n) is 2.20. The highest BCUT2D eigenvalue weighted by atomic mass is 35.5. The first kappa shape index (κ1) is 15.0. The van der Waals surface area contributed by atoms with E-state index in [0.29, 0.717) is 17.6 Å². The summed E-state index contributed by atoms with van der Waals surface area (Å²) in [6.07, 6.45) is 7.47. The highest BCUT2D eigenvalue weighted by molar-refractivity contribution is 6.34. The maximum Gasteiger partial charge on any atom is 0.241 e. The molecule has 0 aliphatic heterocycles. The maximum absolute atomic E-state index is 6.03. The summed E-state index contributed by atoms with van der Waals surface area (Å²) in [6.45, 7) is 2.92. The van der Waals surface area contributed by atoms with E-state index in [-0.39, 0.29) is 0 Å². The molecule has 108 valence electrons. The van der Waals surface area contributed by atoms with Gasteiger partial charge in [0.15, 0.2) is 5.15 Å². The van der Waals surface area contributed by atoms with Gasteiger partial charge in [0.2, 0.25) is 5.88 Å². The van der Waals surface area contributed by atoms with Crippen molar-refractivity contribution in [3.63, 3.8) is 0 Å². The highest BCUT2D eigenvalue weighted by Crippen LogP contribution is 2.27. The zero-order valence-corrected chi connectivity index (χ0v) is 12.7. The molecule has 20 heavy (non-hydrogen) atoms. The van der Waals surface area contributed by atoms with Gasteiger partial charge in [-0.3, -0.25) is 0 Å². The third-order valence-electron chi connectivity index (χ3n) is 3.35. The molecular formula is C16H21ClN2O. The van der Waals surface area contributed by atoms with Crippen LogP contribution in [0.15, 0.2) is 24.3 Å². The van der Waals surface area contributed by atoms with Crippen molar-refractivity contribution >= 4 is 22.4 Å². The first-order chi connectivity index (χ1) is 9.83. The molecule has 0 atom stereocenters. The Kier molecular flexibility index (Phi) is 6.06. The van der Waals surface area contributed by atoms with Crippen molar-refractivity contribution < 1.29 is 4.74 Å². The Balaban J connectivity index is 1.86. The summed E-state index contributed by atoms with van der Waals surface area (Å²) in [5, 5.41) is 10.2. The Morgan fingerprint density at radius 2 is 1.65 bits per heavy atom. The minimum Gasteiger partial charge on any atom is -0.476 e. The monoisotopic (exact) mass is 292 g/mol. The second-order valence-electron chi connectivity index (χ2n) is 4.96. The van der Waals surface area contributed by atoms with Gasteiger partial charge < -0.3 is 4.74 Å². The van der Waals surface area contributed by atoms with Gasteiger partial charge in [-0.1, -0.05) is 68.8 Å². The Labute approximate surface area is 125 Å². The molecule has 3 nitrogen and oxygen atoms in total. The van der Waals surface area contributed by atoms with Crippen LogP contribution in [-0.2, 0) is 0 Å². The van der Waals surface area contributed by atoms with Gasteiger partial charge in [0.05, 0.1) is 6.61 Å². The summed E-state index contributed by atoms with van der Waals surface area (Å²) >= 11 is 6.03. The van der Waals surface area contributed by atoms with Crippen LogP contribution in [0.1, 0.15) is 45.4 Å². The SMILES string of the molecule is CCCCCCCCOc1nnc(Cl)c2ccccc12. The lowest BCUT2D eigenvalue weighted by Gasteiger charge is -2.08. The van der Waals surface area contributed by atoms with E-state index < -0.39 is 0 Å². The van der Waals surface area contributed by atoms with Gasteiger partial charge in [-0.2, -0.15) is 0 Å². The lowest BCUT2D eigenvalue weighted by atomic mass is 10.1. The van der Waals surface area contributed by atoms with Crippen LogP contribution >= 0.6 is 11.6 Å². The molecule has 0 fully saturated rings. The largest absolute Gasteiger partial charge is 0.476 e.